The third-order valence-corrected chi connectivity index (χ3v) is 4.47. The molecule has 0 spiro atoms. The number of aryl methyl sites for hydroxylation is 2. The highest BCUT2D eigenvalue weighted by Crippen LogP contribution is 2.32. The van der Waals surface area contributed by atoms with Crippen LogP contribution in [-0.4, -0.2) is 21.0 Å². The Hall–Kier alpha value is -1.98. The molecule has 106 valence electrons. The molecule has 0 saturated heterocycles. The number of fused-ring (bicyclic) bond motifs is 1. The predicted molar refractivity (Wildman–Crippen MR) is 84.3 cm³/mol. The van der Waals surface area contributed by atoms with Crippen molar-refractivity contribution < 1.29 is 9.90 Å². The van der Waals surface area contributed by atoms with E-state index in [0.29, 0.717) is 21.6 Å². The normalized spacial score (nSPS) is 11.0. The summed E-state index contributed by atoms with van der Waals surface area (Å²) < 4.78 is 0. The molecule has 2 aromatic heterocycles. The Bertz CT molecular complexity index is 873. The van der Waals surface area contributed by atoms with Gasteiger partial charge in [0, 0.05) is 10.4 Å². The zero-order valence-electron chi connectivity index (χ0n) is 11.3. The summed E-state index contributed by atoms with van der Waals surface area (Å²) in [5.41, 5.74) is 2.29. The molecule has 0 unspecified atom stereocenters. The van der Waals surface area contributed by atoms with E-state index in [2.05, 4.69) is 9.97 Å². The van der Waals surface area contributed by atoms with Gasteiger partial charge in [0.2, 0.25) is 0 Å². The zero-order valence-corrected chi connectivity index (χ0v) is 12.9. The second-order valence-corrected chi connectivity index (χ2v) is 6.31. The second kappa shape index (κ2) is 5.09. The predicted octanol–water partition coefficient (Wildman–Crippen LogP) is 4.33. The maximum atomic E-state index is 11.5. The molecule has 1 aromatic carbocycles. The fourth-order valence-corrected chi connectivity index (χ4v) is 3.31. The molecule has 4 nitrogen and oxygen atoms in total. The van der Waals surface area contributed by atoms with E-state index >= 15 is 0 Å². The minimum atomic E-state index is -0.996. The lowest BCUT2D eigenvalue weighted by Gasteiger charge is -2.06. The Morgan fingerprint density at radius 3 is 2.62 bits per heavy atom. The first kappa shape index (κ1) is 14.0. The van der Waals surface area contributed by atoms with Crippen molar-refractivity contribution in [2.75, 3.05) is 0 Å². The molecule has 0 atom stereocenters. The highest BCUT2D eigenvalue weighted by Gasteiger charge is 2.16. The van der Waals surface area contributed by atoms with E-state index in [-0.39, 0.29) is 5.56 Å². The number of aromatic carboxylic acids is 1. The minimum absolute atomic E-state index is 0.197. The first-order chi connectivity index (χ1) is 9.95. The van der Waals surface area contributed by atoms with Crippen LogP contribution in [0.5, 0.6) is 0 Å². The average molecular weight is 319 g/mol. The Morgan fingerprint density at radius 2 is 2.00 bits per heavy atom. The van der Waals surface area contributed by atoms with Crippen molar-refractivity contribution in [1.29, 1.82) is 0 Å². The average Bonchev–Trinajstić information content (AvgIpc) is 2.76. The molecule has 3 aromatic rings. The van der Waals surface area contributed by atoms with E-state index < -0.39 is 5.97 Å². The van der Waals surface area contributed by atoms with Gasteiger partial charge in [-0.15, -0.1) is 11.3 Å². The Balaban J connectivity index is 2.33. The van der Waals surface area contributed by atoms with E-state index in [1.165, 1.54) is 11.3 Å². The maximum Gasteiger partial charge on any atom is 0.336 e. The number of pyridine rings is 1. The van der Waals surface area contributed by atoms with Crippen molar-refractivity contribution >= 4 is 39.8 Å². The first-order valence-corrected chi connectivity index (χ1v) is 7.43. The third kappa shape index (κ3) is 2.50. The van der Waals surface area contributed by atoms with Gasteiger partial charge in [-0.05, 0) is 38.1 Å². The summed E-state index contributed by atoms with van der Waals surface area (Å²) in [5.74, 6) is -0.996. The fourth-order valence-electron chi connectivity index (χ4n) is 2.26. The summed E-state index contributed by atoms with van der Waals surface area (Å²) in [6, 6.07) is 6.65. The Kier molecular flexibility index (Phi) is 3.39. The van der Waals surface area contributed by atoms with Gasteiger partial charge in [-0.3, -0.25) is 0 Å². The summed E-state index contributed by atoms with van der Waals surface area (Å²) in [6.07, 6.45) is 0. The molecule has 6 heteroatoms. The van der Waals surface area contributed by atoms with E-state index in [1.54, 1.807) is 24.3 Å². The van der Waals surface area contributed by atoms with Crippen LogP contribution < -0.4 is 0 Å². The Labute approximate surface area is 130 Å². The molecular formula is C15H11ClN2O2S. The van der Waals surface area contributed by atoms with Gasteiger partial charge in [0.05, 0.1) is 32.4 Å². The van der Waals surface area contributed by atoms with Crippen molar-refractivity contribution in [2.45, 2.75) is 13.8 Å². The number of aromatic nitrogens is 2. The second-order valence-electron chi connectivity index (χ2n) is 4.67. The van der Waals surface area contributed by atoms with Crippen LogP contribution in [0.3, 0.4) is 0 Å². The molecule has 3 rings (SSSR count). The van der Waals surface area contributed by atoms with Crippen molar-refractivity contribution in [1.82, 2.24) is 9.97 Å². The van der Waals surface area contributed by atoms with Crippen LogP contribution in [0.4, 0.5) is 0 Å². The quantitative estimate of drug-likeness (QED) is 0.764. The number of rotatable bonds is 2. The van der Waals surface area contributed by atoms with Crippen LogP contribution in [0.2, 0.25) is 5.02 Å². The molecule has 0 saturated carbocycles. The van der Waals surface area contributed by atoms with Crippen molar-refractivity contribution in [2.24, 2.45) is 0 Å². The maximum absolute atomic E-state index is 11.5. The van der Waals surface area contributed by atoms with Crippen molar-refractivity contribution in [3.05, 3.63) is 45.6 Å². The summed E-state index contributed by atoms with van der Waals surface area (Å²) in [7, 11) is 0. The van der Waals surface area contributed by atoms with Gasteiger partial charge in [0.15, 0.2) is 0 Å². The minimum Gasteiger partial charge on any atom is -0.478 e. The highest BCUT2D eigenvalue weighted by molar-refractivity contribution is 7.15. The molecule has 0 amide bonds. The van der Waals surface area contributed by atoms with Crippen LogP contribution in [0.1, 0.15) is 21.1 Å². The number of carbonyl (C=O) groups is 1. The van der Waals surface area contributed by atoms with Gasteiger partial charge in [-0.2, -0.15) is 0 Å². The summed E-state index contributed by atoms with van der Waals surface area (Å²) in [4.78, 5) is 21.3. The molecule has 1 N–H and O–H groups in total. The van der Waals surface area contributed by atoms with E-state index in [0.717, 1.165) is 15.6 Å². The van der Waals surface area contributed by atoms with Gasteiger partial charge in [-0.25, -0.2) is 14.8 Å². The number of hydrogen-bond donors (Lipinski definition) is 1. The number of carboxylic acids is 1. The molecule has 2 heterocycles. The number of thiazole rings is 1. The van der Waals surface area contributed by atoms with Gasteiger partial charge in [-0.1, -0.05) is 11.6 Å². The van der Waals surface area contributed by atoms with Gasteiger partial charge in [0.25, 0.3) is 0 Å². The van der Waals surface area contributed by atoms with Crippen LogP contribution >= 0.6 is 22.9 Å². The number of carboxylic acid groups (broad SMARTS) is 1. The van der Waals surface area contributed by atoms with Crippen LogP contribution in [0.15, 0.2) is 24.3 Å². The summed E-state index contributed by atoms with van der Waals surface area (Å²) in [6.45, 7) is 3.81. The lowest BCUT2D eigenvalue weighted by Crippen LogP contribution is -2.00. The van der Waals surface area contributed by atoms with E-state index in [9.17, 15) is 9.90 Å². The molecular weight excluding hydrogens is 308 g/mol. The monoisotopic (exact) mass is 318 g/mol. The van der Waals surface area contributed by atoms with Gasteiger partial charge >= 0.3 is 5.97 Å². The fraction of sp³-hybridized carbons (Fsp3) is 0.133. The van der Waals surface area contributed by atoms with E-state index in [4.69, 9.17) is 11.6 Å². The molecule has 0 fully saturated rings. The van der Waals surface area contributed by atoms with Crippen molar-refractivity contribution in [3.63, 3.8) is 0 Å². The summed E-state index contributed by atoms with van der Waals surface area (Å²) in [5, 5.41) is 11.4. The molecule has 0 radical (unpaired) electrons. The van der Waals surface area contributed by atoms with Crippen molar-refractivity contribution in [3.8, 4) is 10.6 Å². The number of benzene rings is 1. The number of halogens is 1. The molecule has 21 heavy (non-hydrogen) atoms. The number of hydrogen-bond acceptors (Lipinski definition) is 4. The zero-order chi connectivity index (χ0) is 15.1. The molecule has 0 aliphatic heterocycles. The molecule has 0 aliphatic carbocycles. The lowest BCUT2D eigenvalue weighted by molar-refractivity contribution is 0.0699. The van der Waals surface area contributed by atoms with Gasteiger partial charge < -0.3 is 5.11 Å². The largest absolute Gasteiger partial charge is 0.478 e. The number of nitrogens with zero attached hydrogens (tertiary/aromatic N) is 2. The first-order valence-electron chi connectivity index (χ1n) is 6.23. The van der Waals surface area contributed by atoms with E-state index in [1.807, 2.05) is 13.8 Å². The SMILES string of the molecule is Cc1nc(C)c(-c2cc(C(=O)O)c3cc(Cl)ccc3n2)s1. The smallest absolute Gasteiger partial charge is 0.336 e. The summed E-state index contributed by atoms with van der Waals surface area (Å²) >= 11 is 7.46. The molecule has 0 aliphatic rings. The third-order valence-electron chi connectivity index (χ3n) is 3.14. The lowest BCUT2D eigenvalue weighted by atomic mass is 10.1. The highest BCUT2D eigenvalue weighted by atomic mass is 35.5. The molecule has 0 bridgehead atoms. The van der Waals surface area contributed by atoms with Gasteiger partial charge in [0.1, 0.15) is 0 Å². The topological polar surface area (TPSA) is 63.1 Å². The van der Waals surface area contributed by atoms with Crippen LogP contribution in [0.25, 0.3) is 21.5 Å². The Morgan fingerprint density at radius 1 is 1.24 bits per heavy atom. The van der Waals surface area contributed by atoms with Crippen LogP contribution in [-0.2, 0) is 0 Å². The van der Waals surface area contributed by atoms with Crippen LogP contribution in [0, 0.1) is 13.8 Å². The standard InChI is InChI=1S/C15H11ClN2O2S/c1-7-14(21-8(2)17-7)13-6-11(15(19)20)10-5-9(16)3-4-12(10)18-13/h3-6H,1-2H3,(H,19,20).